The summed E-state index contributed by atoms with van der Waals surface area (Å²) in [5, 5.41) is 2.63. The van der Waals surface area contributed by atoms with Gasteiger partial charge in [-0.15, -0.1) is 0 Å². The number of morpholine rings is 1. The second-order valence-corrected chi connectivity index (χ2v) is 8.17. The van der Waals surface area contributed by atoms with Crippen molar-refractivity contribution < 1.29 is 23.1 Å². The maximum atomic E-state index is 13.8. The lowest BCUT2D eigenvalue weighted by Gasteiger charge is -2.45. The molecule has 1 aromatic carbocycles. The van der Waals surface area contributed by atoms with Crippen molar-refractivity contribution in [1.82, 2.24) is 15.1 Å². The summed E-state index contributed by atoms with van der Waals surface area (Å²) in [6.45, 7) is 2.62. The summed E-state index contributed by atoms with van der Waals surface area (Å²) in [5.41, 5.74) is -0.210. The molecule has 3 aliphatic rings. The van der Waals surface area contributed by atoms with Crippen LogP contribution in [0.2, 0.25) is 0 Å². The van der Waals surface area contributed by atoms with Gasteiger partial charge in [-0.2, -0.15) is 0 Å². The van der Waals surface area contributed by atoms with Crippen molar-refractivity contribution in [3.05, 3.63) is 35.4 Å². The van der Waals surface area contributed by atoms with Crippen LogP contribution in [-0.4, -0.2) is 72.6 Å². The van der Waals surface area contributed by atoms with E-state index in [1.807, 2.05) is 4.90 Å². The second kappa shape index (κ2) is 8.75. The van der Waals surface area contributed by atoms with Crippen LogP contribution in [0.25, 0.3) is 0 Å². The van der Waals surface area contributed by atoms with E-state index in [0.29, 0.717) is 12.6 Å². The molecule has 29 heavy (non-hydrogen) atoms. The van der Waals surface area contributed by atoms with Crippen molar-refractivity contribution in [2.75, 3.05) is 32.8 Å². The molecule has 4 rings (SSSR count). The van der Waals surface area contributed by atoms with Gasteiger partial charge in [-0.05, 0) is 37.8 Å². The minimum Gasteiger partial charge on any atom is -0.365 e. The number of halogens is 2. The molecule has 1 saturated carbocycles. The number of likely N-dealkylation sites (tertiary alicyclic amines) is 1. The number of hydrogen-bond donors (Lipinski definition) is 1. The van der Waals surface area contributed by atoms with E-state index in [2.05, 4.69) is 10.2 Å². The smallest absolute Gasteiger partial charge is 0.254 e. The summed E-state index contributed by atoms with van der Waals surface area (Å²) < 4.78 is 32.3. The molecule has 0 unspecified atom stereocenters. The number of benzene rings is 1. The molecule has 2 saturated heterocycles. The standard InChI is InChI=1S/C21H27F2N3O3/c22-14-4-5-18(19(23)10-14)21(28)24-11-17-12-26(20(27)13-29-17)16-6-8-25(9-7-16)15-2-1-3-15/h4-5,10,15-17H,1-3,6-9,11-13H2,(H,24,28)/t17-/m1/s1. The molecule has 2 amide bonds. The average Bonchev–Trinajstić information content (AvgIpc) is 2.66. The summed E-state index contributed by atoms with van der Waals surface area (Å²) in [5.74, 6) is -2.27. The normalized spacial score (nSPS) is 24.4. The van der Waals surface area contributed by atoms with Gasteiger partial charge >= 0.3 is 0 Å². The van der Waals surface area contributed by atoms with Crippen LogP contribution in [0.3, 0.4) is 0 Å². The fraction of sp³-hybridized carbons (Fsp3) is 0.619. The maximum absolute atomic E-state index is 13.8. The third-order valence-corrected chi connectivity index (χ3v) is 6.36. The van der Waals surface area contributed by atoms with Gasteiger partial charge < -0.3 is 19.9 Å². The predicted octanol–water partition coefficient (Wildman–Crippen LogP) is 1.94. The summed E-state index contributed by atoms with van der Waals surface area (Å²) in [4.78, 5) is 29.0. The van der Waals surface area contributed by atoms with Crippen LogP contribution < -0.4 is 5.32 Å². The van der Waals surface area contributed by atoms with Crippen LogP contribution >= 0.6 is 0 Å². The first kappa shape index (κ1) is 20.2. The molecule has 0 aromatic heterocycles. The highest BCUT2D eigenvalue weighted by Gasteiger charge is 2.35. The van der Waals surface area contributed by atoms with Gasteiger partial charge in [0.1, 0.15) is 18.2 Å². The Labute approximate surface area is 169 Å². The number of hydrogen-bond acceptors (Lipinski definition) is 4. The molecular weight excluding hydrogens is 380 g/mol. The zero-order valence-corrected chi connectivity index (χ0v) is 16.4. The first-order chi connectivity index (χ1) is 14.0. The van der Waals surface area contributed by atoms with Gasteiger partial charge in [-0.25, -0.2) is 8.78 Å². The highest BCUT2D eigenvalue weighted by molar-refractivity contribution is 5.94. The van der Waals surface area contributed by atoms with E-state index >= 15 is 0 Å². The second-order valence-electron chi connectivity index (χ2n) is 8.17. The van der Waals surface area contributed by atoms with Crippen molar-refractivity contribution in [1.29, 1.82) is 0 Å². The molecule has 0 spiro atoms. The molecule has 158 valence electrons. The van der Waals surface area contributed by atoms with E-state index < -0.39 is 17.5 Å². The Balaban J connectivity index is 1.28. The van der Waals surface area contributed by atoms with Crippen LogP contribution in [0.15, 0.2) is 18.2 Å². The quantitative estimate of drug-likeness (QED) is 0.811. The number of nitrogens with one attached hydrogen (secondary N) is 1. The van der Waals surface area contributed by atoms with Crippen molar-refractivity contribution in [3.63, 3.8) is 0 Å². The maximum Gasteiger partial charge on any atom is 0.254 e. The molecule has 0 radical (unpaired) electrons. The first-order valence-corrected chi connectivity index (χ1v) is 10.4. The van der Waals surface area contributed by atoms with Crippen molar-refractivity contribution in [2.45, 2.75) is 50.3 Å². The van der Waals surface area contributed by atoms with E-state index in [1.165, 1.54) is 19.3 Å². The monoisotopic (exact) mass is 407 g/mol. The van der Waals surface area contributed by atoms with Gasteiger partial charge in [0.25, 0.3) is 5.91 Å². The Hall–Kier alpha value is -2.06. The van der Waals surface area contributed by atoms with Crippen LogP contribution in [0.1, 0.15) is 42.5 Å². The van der Waals surface area contributed by atoms with Crippen LogP contribution in [0, 0.1) is 11.6 Å². The molecule has 1 N–H and O–H groups in total. The average molecular weight is 407 g/mol. The van der Waals surface area contributed by atoms with Gasteiger partial charge in [0.15, 0.2) is 0 Å². The van der Waals surface area contributed by atoms with Crippen LogP contribution in [0.4, 0.5) is 8.78 Å². The van der Waals surface area contributed by atoms with E-state index in [9.17, 15) is 18.4 Å². The largest absolute Gasteiger partial charge is 0.365 e. The lowest BCUT2D eigenvalue weighted by atomic mass is 9.89. The zero-order valence-electron chi connectivity index (χ0n) is 16.4. The van der Waals surface area contributed by atoms with Crippen molar-refractivity contribution >= 4 is 11.8 Å². The van der Waals surface area contributed by atoms with Gasteiger partial charge in [-0.1, -0.05) is 6.42 Å². The molecule has 1 atom stereocenters. The Morgan fingerprint density at radius 2 is 1.90 bits per heavy atom. The SMILES string of the molecule is O=C(NC[C@@H]1CN(C2CCN(C3CCC3)CC2)C(=O)CO1)c1ccc(F)cc1F. The summed E-state index contributed by atoms with van der Waals surface area (Å²) >= 11 is 0. The number of carbonyl (C=O) groups is 2. The fourth-order valence-corrected chi connectivity index (χ4v) is 4.41. The van der Waals surface area contributed by atoms with E-state index in [4.69, 9.17) is 4.74 Å². The Bertz CT molecular complexity index is 764. The van der Waals surface area contributed by atoms with E-state index in [0.717, 1.165) is 44.1 Å². The molecule has 3 fully saturated rings. The first-order valence-electron chi connectivity index (χ1n) is 10.4. The number of nitrogens with zero attached hydrogens (tertiary/aromatic N) is 2. The zero-order chi connectivity index (χ0) is 20.4. The summed E-state index contributed by atoms with van der Waals surface area (Å²) in [6, 6.07) is 3.78. The minimum absolute atomic E-state index is 0.00567. The van der Waals surface area contributed by atoms with Gasteiger partial charge in [0.05, 0.1) is 11.7 Å². The Morgan fingerprint density at radius 1 is 1.14 bits per heavy atom. The number of carbonyl (C=O) groups excluding carboxylic acids is 2. The molecule has 8 heteroatoms. The fourth-order valence-electron chi connectivity index (χ4n) is 4.41. The highest BCUT2D eigenvalue weighted by atomic mass is 19.1. The number of ether oxygens (including phenoxy) is 1. The van der Waals surface area contributed by atoms with Crippen molar-refractivity contribution in [2.24, 2.45) is 0 Å². The van der Waals surface area contributed by atoms with Gasteiger partial charge in [-0.3, -0.25) is 9.59 Å². The number of piperidine rings is 1. The molecule has 6 nitrogen and oxygen atoms in total. The van der Waals surface area contributed by atoms with E-state index in [-0.39, 0.29) is 36.8 Å². The lowest BCUT2D eigenvalue weighted by Crippen LogP contribution is -2.57. The van der Waals surface area contributed by atoms with Crippen LogP contribution in [0.5, 0.6) is 0 Å². The molecule has 0 bridgehead atoms. The number of amides is 2. The highest BCUT2D eigenvalue weighted by Crippen LogP contribution is 2.29. The third-order valence-electron chi connectivity index (χ3n) is 6.36. The summed E-state index contributed by atoms with van der Waals surface area (Å²) in [6.07, 6.45) is 5.48. The third kappa shape index (κ3) is 4.59. The number of rotatable bonds is 5. The molecule has 1 aliphatic carbocycles. The Kier molecular flexibility index (Phi) is 6.10. The summed E-state index contributed by atoms with van der Waals surface area (Å²) in [7, 11) is 0. The topological polar surface area (TPSA) is 61.9 Å². The molecule has 1 aromatic rings. The van der Waals surface area contributed by atoms with Gasteiger partial charge in [0, 0.05) is 44.3 Å². The van der Waals surface area contributed by atoms with Crippen molar-refractivity contribution in [3.8, 4) is 0 Å². The molecule has 2 aliphatic heterocycles. The lowest BCUT2D eigenvalue weighted by molar-refractivity contribution is -0.153. The molecular formula is C21H27F2N3O3. The molecule has 2 heterocycles. The van der Waals surface area contributed by atoms with Crippen LogP contribution in [-0.2, 0) is 9.53 Å². The van der Waals surface area contributed by atoms with Gasteiger partial charge in [0.2, 0.25) is 5.91 Å². The van der Waals surface area contributed by atoms with E-state index in [1.54, 1.807) is 0 Å². The minimum atomic E-state index is -0.901. The Morgan fingerprint density at radius 3 is 2.55 bits per heavy atom. The predicted molar refractivity (Wildman–Crippen MR) is 102 cm³/mol.